The van der Waals surface area contributed by atoms with Crippen molar-refractivity contribution in [3.63, 3.8) is 0 Å². The highest BCUT2D eigenvalue weighted by Gasteiger charge is 2.43. The van der Waals surface area contributed by atoms with E-state index in [1.54, 1.807) is 6.07 Å². The van der Waals surface area contributed by atoms with Crippen molar-refractivity contribution >= 4 is 39.6 Å². The number of hydrogen-bond acceptors (Lipinski definition) is 4. The van der Waals surface area contributed by atoms with Crippen LogP contribution in [0.3, 0.4) is 0 Å². The highest BCUT2D eigenvalue weighted by atomic mass is 79.9. The van der Waals surface area contributed by atoms with Crippen LogP contribution in [0.2, 0.25) is 0 Å². The minimum atomic E-state index is -1.21. The lowest BCUT2D eigenvalue weighted by atomic mass is 9.99. The van der Waals surface area contributed by atoms with E-state index in [2.05, 4.69) is 21.2 Å². The molecule has 6 nitrogen and oxygen atoms in total. The molecule has 1 aliphatic rings. The first kappa shape index (κ1) is 15.1. The Morgan fingerprint density at radius 2 is 2.25 bits per heavy atom. The number of aliphatic carboxylic acids is 1. The zero-order chi connectivity index (χ0) is 14.8. The van der Waals surface area contributed by atoms with Gasteiger partial charge in [0.15, 0.2) is 0 Å². The Balaban J connectivity index is 2.11. The molecule has 8 heteroatoms. The zero-order valence-corrected chi connectivity index (χ0v) is 12.9. The second-order valence-electron chi connectivity index (χ2n) is 4.55. The van der Waals surface area contributed by atoms with Gasteiger partial charge in [-0.3, -0.25) is 9.59 Å². The maximum absolute atomic E-state index is 12.0. The number of carbonyl (C=O) groups is 2. The van der Waals surface area contributed by atoms with Gasteiger partial charge in [0.25, 0.3) is 5.56 Å². The van der Waals surface area contributed by atoms with Crippen LogP contribution >= 0.6 is 27.7 Å². The third-order valence-corrected chi connectivity index (χ3v) is 4.73. The summed E-state index contributed by atoms with van der Waals surface area (Å²) in [5, 5.41) is 11.8. The number of thioether (sulfide) groups is 1. The van der Waals surface area contributed by atoms with Crippen LogP contribution in [-0.4, -0.2) is 38.6 Å². The third-order valence-electron chi connectivity index (χ3n) is 3.07. The summed E-state index contributed by atoms with van der Waals surface area (Å²) in [6.07, 6.45) is 1.89. The van der Waals surface area contributed by atoms with Gasteiger partial charge in [0.05, 0.1) is 0 Å². The van der Waals surface area contributed by atoms with Crippen LogP contribution in [-0.2, 0) is 16.1 Å². The highest BCUT2D eigenvalue weighted by molar-refractivity contribution is 9.10. The molecule has 0 bridgehead atoms. The van der Waals surface area contributed by atoms with E-state index in [9.17, 15) is 19.5 Å². The Kier molecular flexibility index (Phi) is 4.54. The van der Waals surface area contributed by atoms with E-state index in [1.165, 1.54) is 28.6 Å². The second kappa shape index (κ2) is 6.01. The second-order valence-corrected chi connectivity index (χ2v) is 6.57. The van der Waals surface area contributed by atoms with Crippen LogP contribution in [0.4, 0.5) is 0 Å². The van der Waals surface area contributed by atoms with E-state index in [4.69, 9.17) is 0 Å². The van der Waals surface area contributed by atoms with E-state index < -0.39 is 17.4 Å². The maximum atomic E-state index is 12.0. The average Bonchev–Trinajstić information content (AvgIpc) is 2.83. The van der Waals surface area contributed by atoms with Crippen molar-refractivity contribution < 1.29 is 14.7 Å². The number of aromatic nitrogens is 1. The molecular formula is C12H13BrN2O4S. The first-order valence-electron chi connectivity index (χ1n) is 5.91. The van der Waals surface area contributed by atoms with Gasteiger partial charge in [-0.2, -0.15) is 11.8 Å². The van der Waals surface area contributed by atoms with Crippen LogP contribution in [0.15, 0.2) is 27.6 Å². The van der Waals surface area contributed by atoms with Crippen molar-refractivity contribution in [2.24, 2.45) is 0 Å². The maximum Gasteiger partial charge on any atom is 0.330 e. The molecular weight excluding hydrogens is 348 g/mol. The van der Waals surface area contributed by atoms with Crippen molar-refractivity contribution in [2.45, 2.75) is 18.5 Å². The molecule has 0 spiro atoms. The molecule has 0 radical (unpaired) electrons. The fourth-order valence-electron chi connectivity index (χ4n) is 1.97. The van der Waals surface area contributed by atoms with E-state index in [-0.39, 0.29) is 12.1 Å². The molecule has 20 heavy (non-hydrogen) atoms. The Hall–Kier alpha value is -1.28. The number of amides is 1. The molecule has 1 aliphatic heterocycles. The molecule has 1 aromatic rings. The average molecular weight is 361 g/mol. The standard InChI is InChI=1S/C12H13BrN2O4S/c13-8-1-2-10(17)15(5-8)6-9(16)14-12(11(18)19)3-4-20-7-12/h1-2,5H,3-4,6-7H2,(H,14,16)(H,18,19). The highest BCUT2D eigenvalue weighted by Crippen LogP contribution is 2.28. The van der Waals surface area contributed by atoms with Crippen LogP contribution in [0.5, 0.6) is 0 Å². The number of pyridine rings is 1. The molecule has 2 N–H and O–H groups in total. The monoisotopic (exact) mass is 360 g/mol. The lowest BCUT2D eigenvalue weighted by molar-refractivity contribution is -0.146. The molecule has 1 amide bonds. The Bertz CT molecular complexity index is 595. The lowest BCUT2D eigenvalue weighted by Crippen LogP contribution is -2.55. The zero-order valence-electron chi connectivity index (χ0n) is 10.5. The van der Waals surface area contributed by atoms with Gasteiger partial charge >= 0.3 is 5.97 Å². The SMILES string of the molecule is O=C(Cn1cc(Br)ccc1=O)NC1(C(=O)O)CCSC1. The summed E-state index contributed by atoms with van der Waals surface area (Å²) in [6, 6.07) is 2.93. The van der Waals surface area contributed by atoms with Gasteiger partial charge in [-0.25, -0.2) is 4.79 Å². The minimum Gasteiger partial charge on any atom is -0.479 e. The minimum absolute atomic E-state index is 0.196. The molecule has 2 heterocycles. The summed E-state index contributed by atoms with van der Waals surface area (Å²) >= 11 is 4.71. The first-order valence-corrected chi connectivity index (χ1v) is 7.86. The number of nitrogens with zero attached hydrogens (tertiary/aromatic N) is 1. The van der Waals surface area contributed by atoms with Gasteiger partial charge in [-0.1, -0.05) is 0 Å². The van der Waals surface area contributed by atoms with Crippen molar-refractivity contribution in [3.05, 3.63) is 33.2 Å². The number of carbonyl (C=O) groups excluding carboxylic acids is 1. The molecule has 1 fully saturated rings. The number of hydrogen-bond donors (Lipinski definition) is 2. The molecule has 1 aromatic heterocycles. The van der Waals surface area contributed by atoms with Gasteiger partial charge in [0.1, 0.15) is 12.1 Å². The Morgan fingerprint density at radius 3 is 2.85 bits per heavy atom. The fourth-order valence-corrected chi connectivity index (χ4v) is 3.68. The molecule has 2 rings (SSSR count). The number of carboxylic acid groups (broad SMARTS) is 1. The molecule has 1 atom stereocenters. The van der Waals surface area contributed by atoms with E-state index >= 15 is 0 Å². The third kappa shape index (κ3) is 3.24. The molecule has 0 aliphatic carbocycles. The predicted octanol–water partition coefficient (Wildman–Crippen LogP) is 0.687. The predicted molar refractivity (Wildman–Crippen MR) is 78.9 cm³/mol. The number of rotatable bonds is 4. The molecule has 0 aromatic carbocycles. The lowest BCUT2D eigenvalue weighted by Gasteiger charge is -2.24. The molecule has 1 unspecified atom stereocenters. The van der Waals surface area contributed by atoms with E-state index in [1.807, 2.05) is 0 Å². The summed E-state index contributed by atoms with van der Waals surface area (Å²) in [4.78, 5) is 34.9. The topological polar surface area (TPSA) is 88.4 Å². The largest absolute Gasteiger partial charge is 0.479 e. The quantitative estimate of drug-likeness (QED) is 0.824. The van der Waals surface area contributed by atoms with Crippen molar-refractivity contribution in [2.75, 3.05) is 11.5 Å². The smallest absolute Gasteiger partial charge is 0.330 e. The van der Waals surface area contributed by atoms with E-state index in [0.717, 1.165) is 0 Å². The summed E-state index contributed by atoms with van der Waals surface area (Å²) in [7, 11) is 0. The van der Waals surface area contributed by atoms with Crippen LogP contribution in [0.25, 0.3) is 0 Å². The van der Waals surface area contributed by atoms with Crippen molar-refractivity contribution in [1.82, 2.24) is 9.88 Å². The number of halogens is 1. The summed E-state index contributed by atoms with van der Waals surface area (Å²) < 4.78 is 1.91. The molecule has 108 valence electrons. The normalized spacial score (nSPS) is 21.6. The van der Waals surface area contributed by atoms with Gasteiger partial charge in [0, 0.05) is 22.5 Å². The number of nitrogens with one attached hydrogen (secondary N) is 1. The van der Waals surface area contributed by atoms with Crippen LogP contribution < -0.4 is 10.9 Å². The van der Waals surface area contributed by atoms with Gasteiger partial charge < -0.3 is 15.0 Å². The fraction of sp³-hybridized carbons (Fsp3) is 0.417. The van der Waals surface area contributed by atoms with Crippen LogP contribution in [0.1, 0.15) is 6.42 Å². The van der Waals surface area contributed by atoms with Crippen molar-refractivity contribution in [1.29, 1.82) is 0 Å². The number of carboxylic acids is 1. The van der Waals surface area contributed by atoms with Gasteiger partial charge in [-0.05, 0) is 34.2 Å². The first-order chi connectivity index (χ1) is 9.43. The summed E-state index contributed by atoms with van der Waals surface area (Å²) in [6.45, 7) is -0.196. The molecule has 1 saturated heterocycles. The Labute approximate surface area is 127 Å². The van der Waals surface area contributed by atoms with E-state index in [0.29, 0.717) is 22.4 Å². The van der Waals surface area contributed by atoms with Crippen LogP contribution in [0, 0.1) is 0 Å². The van der Waals surface area contributed by atoms with Crippen molar-refractivity contribution in [3.8, 4) is 0 Å². The summed E-state index contributed by atoms with van der Waals surface area (Å²) in [5.74, 6) is -0.460. The molecule has 0 saturated carbocycles. The Morgan fingerprint density at radius 1 is 1.50 bits per heavy atom. The van der Waals surface area contributed by atoms with Gasteiger partial charge in [0.2, 0.25) is 5.91 Å². The van der Waals surface area contributed by atoms with Gasteiger partial charge in [-0.15, -0.1) is 0 Å². The summed E-state index contributed by atoms with van der Waals surface area (Å²) in [5.41, 5.74) is -1.52.